The summed E-state index contributed by atoms with van der Waals surface area (Å²) in [5, 5.41) is 3.72. The number of amides is 1. The van der Waals surface area contributed by atoms with E-state index in [1.165, 1.54) is 18.5 Å². The minimum atomic E-state index is -3.81. The molecule has 1 amide bonds. The molecular weight excluding hydrogens is 593 g/mol. The summed E-state index contributed by atoms with van der Waals surface area (Å²) in [4.78, 5) is 27.5. The maximum atomic E-state index is 12.1. The predicted molar refractivity (Wildman–Crippen MR) is 156 cm³/mol. The number of aromatic nitrogens is 3. The number of pyridine rings is 1. The van der Waals surface area contributed by atoms with Crippen LogP contribution >= 0.6 is 23.2 Å². The summed E-state index contributed by atoms with van der Waals surface area (Å²) in [6.07, 6.45) is 4.05. The highest BCUT2D eigenvalue weighted by molar-refractivity contribution is 7.85. The monoisotopic (exact) mass is 623 g/mol. The lowest BCUT2D eigenvalue weighted by molar-refractivity contribution is 0.0497. The molecule has 1 aromatic carbocycles. The molecule has 41 heavy (non-hydrogen) atoms. The molecule has 0 spiro atoms. The van der Waals surface area contributed by atoms with E-state index in [-0.39, 0.29) is 11.9 Å². The molecule has 0 bridgehead atoms. The highest BCUT2D eigenvalue weighted by Crippen LogP contribution is 2.30. The molecular formula is C27H31Cl2N5O6S. The zero-order valence-corrected chi connectivity index (χ0v) is 25.4. The quantitative estimate of drug-likeness (QED) is 0.316. The second kappa shape index (κ2) is 12.8. The molecule has 220 valence electrons. The highest BCUT2D eigenvalue weighted by atomic mass is 35.5. The van der Waals surface area contributed by atoms with Crippen LogP contribution in [0, 0.1) is 0 Å². The largest absolute Gasteiger partial charge is 0.444 e. The molecule has 1 saturated heterocycles. The topological polar surface area (TPSA) is 133 Å². The normalized spacial score (nSPS) is 14.5. The van der Waals surface area contributed by atoms with Gasteiger partial charge in [0, 0.05) is 40.8 Å². The third-order valence-corrected chi connectivity index (χ3v) is 7.58. The SMILES string of the molecule is COS(=O)(=O)Cc1cc(Oc2cnc(N3CCC(NC(=O)OC(C)(C)C)CC3)nc2)nc(-c2cc(Cl)cc(Cl)c2)c1. The molecule has 0 unspecified atom stereocenters. The van der Waals surface area contributed by atoms with Crippen molar-refractivity contribution in [1.29, 1.82) is 0 Å². The Morgan fingerprint density at radius 1 is 1.05 bits per heavy atom. The van der Waals surface area contributed by atoms with Crippen LogP contribution in [0.15, 0.2) is 42.7 Å². The predicted octanol–water partition coefficient (Wildman–Crippen LogP) is 5.61. The number of halogens is 2. The number of nitrogens with zero attached hydrogens (tertiary/aromatic N) is 4. The third kappa shape index (κ3) is 9.15. The van der Waals surface area contributed by atoms with E-state index in [0.717, 1.165) is 20.0 Å². The first-order valence-corrected chi connectivity index (χ1v) is 15.1. The summed E-state index contributed by atoms with van der Waals surface area (Å²) in [5.74, 6) is 0.572. The second-order valence-electron chi connectivity index (χ2n) is 10.5. The van der Waals surface area contributed by atoms with Crippen LogP contribution in [0.4, 0.5) is 10.7 Å². The standard InChI is InChI=1S/C27H31Cl2N5O6S/c1-27(2,3)40-26(35)32-21-5-7-34(8-6-21)25-30-14-22(15-31-25)39-24-10-17(16-41(36,37)38-4)9-23(33-24)18-11-19(28)13-20(29)12-18/h9-15,21H,5-8,16H2,1-4H3,(H,32,35). The summed E-state index contributed by atoms with van der Waals surface area (Å²) in [5.41, 5.74) is 0.836. The van der Waals surface area contributed by atoms with Crippen LogP contribution in [-0.4, -0.2) is 61.3 Å². The van der Waals surface area contributed by atoms with Crippen molar-refractivity contribution < 1.29 is 26.9 Å². The lowest BCUT2D eigenvalue weighted by atomic mass is 10.1. The first-order valence-electron chi connectivity index (χ1n) is 12.8. The van der Waals surface area contributed by atoms with E-state index < -0.39 is 27.6 Å². The van der Waals surface area contributed by atoms with Crippen molar-refractivity contribution in [3.63, 3.8) is 0 Å². The van der Waals surface area contributed by atoms with E-state index in [1.807, 2.05) is 25.7 Å². The van der Waals surface area contributed by atoms with Gasteiger partial charge in [0.2, 0.25) is 11.8 Å². The Labute approximate surface area is 249 Å². The van der Waals surface area contributed by atoms with Gasteiger partial charge in [0.25, 0.3) is 10.1 Å². The summed E-state index contributed by atoms with van der Waals surface area (Å²) in [6, 6.07) is 8.03. The molecule has 1 aliphatic rings. The summed E-state index contributed by atoms with van der Waals surface area (Å²) >= 11 is 12.3. The number of anilines is 1. The van der Waals surface area contributed by atoms with Crippen LogP contribution in [0.1, 0.15) is 39.2 Å². The summed E-state index contributed by atoms with van der Waals surface area (Å²) in [7, 11) is -2.71. The molecule has 14 heteroatoms. The van der Waals surface area contributed by atoms with E-state index in [4.69, 9.17) is 32.7 Å². The fourth-order valence-corrected chi connectivity index (χ4v) is 5.37. The van der Waals surface area contributed by atoms with Gasteiger partial charge >= 0.3 is 6.09 Å². The molecule has 3 aromatic rings. The van der Waals surface area contributed by atoms with Gasteiger partial charge in [-0.2, -0.15) is 8.42 Å². The Morgan fingerprint density at radius 3 is 2.27 bits per heavy atom. The fraction of sp³-hybridized carbons (Fsp3) is 0.407. The molecule has 2 aromatic heterocycles. The molecule has 4 rings (SSSR count). The van der Waals surface area contributed by atoms with Crippen LogP contribution in [0.2, 0.25) is 10.0 Å². The summed E-state index contributed by atoms with van der Waals surface area (Å²) in [6.45, 7) is 6.79. The van der Waals surface area contributed by atoms with Gasteiger partial charge in [-0.1, -0.05) is 23.2 Å². The smallest absolute Gasteiger partial charge is 0.407 e. The van der Waals surface area contributed by atoms with Crippen LogP contribution in [0.25, 0.3) is 11.3 Å². The van der Waals surface area contributed by atoms with Gasteiger partial charge < -0.3 is 19.7 Å². The van der Waals surface area contributed by atoms with Gasteiger partial charge in [-0.3, -0.25) is 4.18 Å². The Hall–Kier alpha value is -3.19. The van der Waals surface area contributed by atoms with Crippen molar-refractivity contribution >= 4 is 45.4 Å². The van der Waals surface area contributed by atoms with E-state index in [0.29, 0.717) is 51.7 Å². The van der Waals surface area contributed by atoms with Gasteiger partial charge in [-0.25, -0.2) is 19.7 Å². The van der Waals surface area contributed by atoms with Gasteiger partial charge in [0.05, 0.1) is 25.2 Å². The molecule has 0 atom stereocenters. The minimum absolute atomic E-state index is 0.00699. The lowest BCUT2D eigenvalue weighted by Gasteiger charge is -2.32. The van der Waals surface area contributed by atoms with Gasteiger partial charge in [0.1, 0.15) is 11.4 Å². The number of nitrogens with one attached hydrogen (secondary N) is 1. The first-order chi connectivity index (χ1) is 19.3. The minimum Gasteiger partial charge on any atom is -0.444 e. The van der Waals surface area contributed by atoms with Crippen LogP contribution in [0.3, 0.4) is 0 Å². The van der Waals surface area contributed by atoms with Gasteiger partial charge in [-0.05, 0) is 63.4 Å². The number of carbonyl (C=O) groups is 1. The molecule has 0 saturated carbocycles. The van der Waals surface area contributed by atoms with Crippen LogP contribution in [-0.2, 0) is 24.8 Å². The molecule has 11 nitrogen and oxygen atoms in total. The number of ether oxygens (including phenoxy) is 2. The number of piperidine rings is 1. The highest BCUT2D eigenvalue weighted by Gasteiger charge is 2.25. The van der Waals surface area contributed by atoms with Crippen molar-refractivity contribution in [2.75, 3.05) is 25.1 Å². The fourth-order valence-electron chi connectivity index (χ4n) is 4.15. The van der Waals surface area contributed by atoms with Crippen LogP contribution in [0.5, 0.6) is 11.6 Å². The second-order valence-corrected chi connectivity index (χ2v) is 13.1. The number of benzene rings is 1. The van der Waals surface area contributed by atoms with Crippen LogP contribution < -0.4 is 15.0 Å². The number of hydrogen-bond donors (Lipinski definition) is 1. The molecule has 1 aliphatic heterocycles. The van der Waals surface area contributed by atoms with E-state index in [1.54, 1.807) is 24.3 Å². The lowest BCUT2D eigenvalue weighted by Crippen LogP contribution is -2.46. The Balaban J connectivity index is 1.46. The summed E-state index contributed by atoms with van der Waals surface area (Å²) < 4.78 is 40.1. The molecule has 0 aliphatic carbocycles. The van der Waals surface area contributed by atoms with Crippen molar-refractivity contribution in [3.8, 4) is 22.9 Å². The average molecular weight is 625 g/mol. The maximum absolute atomic E-state index is 12.1. The number of rotatable bonds is 8. The van der Waals surface area contributed by atoms with E-state index in [2.05, 4.69) is 24.5 Å². The van der Waals surface area contributed by atoms with Gasteiger partial charge in [-0.15, -0.1) is 0 Å². The molecule has 3 heterocycles. The van der Waals surface area contributed by atoms with Gasteiger partial charge in [0.15, 0.2) is 5.75 Å². The third-order valence-electron chi connectivity index (χ3n) is 5.95. The Kier molecular flexibility index (Phi) is 9.58. The number of hydrogen-bond acceptors (Lipinski definition) is 10. The van der Waals surface area contributed by atoms with Crippen molar-refractivity contribution in [1.82, 2.24) is 20.3 Å². The average Bonchev–Trinajstić information content (AvgIpc) is 2.87. The Morgan fingerprint density at radius 2 is 1.68 bits per heavy atom. The van der Waals surface area contributed by atoms with Crippen molar-refractivity contribution in [2.24, 2.45) is 0 Å². The Bertz CT molecular complexity index is 1470. The van der Waals surface area contributed by atoms with Crippen molar-refractivity contribution in [2.45, 2.75) is 51.0 Å². The zero-order chi connectivity index (χ0) is 29.8. The number of alkyl carbamates (subject to hydrolysis) is 1. The molecule has 0 radical (unpaired) electrons. The molecule has 1 fully saturated rings. The molecule has 1 N–H and O–H groups in total. The first kappa shape index (κ1) is 30.8. The van der Waals surface area contributed by atoms with Crippen molar-refractivity contribution in [3.05, 3.63) is 58.3 Å². The number of carbonyl (C=O) groups excluding carboxylic acids is 1. The van der Waals surface area contributed by atoms with E-state index in [9.17, 15) is 13.2 Å². The van der Waals surface area contributed by atoms with E-state index >= 15 is 0 Å². The zero-order valence-electron chi connectivity index (χ0n) is 23.1. The maximum Gasteiger partial charge on any atom is 0.407 e.